The van der Waals surface area contributed by atoms with Crippen molar-refractivity contribution in [2.24, 2.45) is 0 Å². The Morgan fingerprint density at radius 1 is 0.688 bits per heavy atom. The van der Waals surface area contributed by atoms with Crippen molar-refractivity contribution < 1.29 is 19.0 Å². The van der Waals surface area contributed by atoms with Gasteiger partial charge in [0.25, 0.3) is 0 Å². The van der Waals surface area contributed by atoms with Gasteiger partial charge in [-0.05, 0) is 0 Å². The van der Waals surface area contributed by atoms with E-state index < -0.39 is 11.1 Å². The molecule has 0 fully saturated rings. The van der Waals surface area contributed by atoms with Gasteiger partial charge in [-0.2, -0.15) is 0 Å². The van der Waals surface area contributed by atoms with Crippen LogP contribution >= 0.6 is 20.8 Å². The summed E-state index contributed by atoms with van der Waals surface area (Å²) in [4.78, 5) is 12.0. The topological polar surface area (TPSA) is 44.8 Å². The van der Waals surface area contributed by atoms with Crippen LogP contribution in [0.2, 0.25) is 0 Å². The summed E-state index contributed by atoms with van der Waals surface area (Å²) in [5.74, 6) is -0.838. The van der Waals surface area contributed by atoms with E-state index in [0.717, 1.165) is 12.8 Å². The summed E-state index contributed by atoms with van der Waals surface area (Å²) in [6.45, 7) is 14.4. The SMILES string of the molecule is CCCCP(Br)(CCCC)(CCCC)CCCCC(CCC(=O)OCC)(OCC)OCC. The van der Waals surface area contributed by atoms with Crippen LogP contribution in [-0.2, 0) is 19.0 Å². The summed E-state index contributed by atoms with van der Waals surface area (Å²) in [6, 6.07) is 0. The van der Waals surface area contributed by atoms with Gasteiger partial charge >= 0.3 is 208 Å². The summed E-state index contributed by atoms with van der Waals surface area (Å²) < 4.78 is 17.4. The Bertz CT molecular complexity index is 456. The van der Waals surface area contributed by atoms with E-state index in [2.05, 4.69) is 36.3 Å². The van der Waals surface area contributed by atoms with E-state index in [0.29, 0.717) is 32.7 Å². The first-order chi connectivity index (χ1) is 15.3. The van der Waals surface area contributed by atoms with Crippen molar-refractivity contribution in [2.75, 3.05) is 44.5 Å². The third-order valence-electron chi connectivity index (χ3n) is 6.57. The molecule has 0 saturated heterocycles. The molecule has 0 rings (SSSR count). The number of carbonyl (C=O) groups is 1. The van der Waals surface area contributed by atoms with E-state index in [1.54, 1.807) is 0 Å². The van der Waals surface area contributed by atoms with E-state index in [1.165, 1.54) is 69.6 Å². The second kappa shape index (κ2) is 17.7. The third kappa shape index (κ3) is 12.7. The van der Waals surface area contributed by atoms with Crippen LogP contribution in [0.15, 0.2) is 0 Å². The monoisotopic (exact) mass is 540 g/mol. The molecule has 32 heavy (non-hydrogen) atoms. The van der Waals surface area contributed by atoms with E-state index in [4.69, 9.17) is 14.2 Å². The number of hydrogen-bond donors (Lipinski definition) is 0. The van der Waals surface area contributed by atoms with Crippen LogP contribution < -0.4 is 0 Å². The van der Waals surface area contributed by atoms with Crippen molar-refractivity contribution in [1.29, 1.82) is 0 Å². The predicted molar refractivity (Wildman–Crippen MR) is 146 cm³/mol. The Balaban J connectivity index is 5.25. The maximum atomic E-state index is 12.0. The Hall–Kier alpha value is 0.300. The van der Waals surface area contributed by atoms with Crippen LogP contribution in [0.4, 0.5) is 0 Å². The number of ether oxygens (including phenoxy) is 3. The van der Waals surface area contributed by atoms with Crippen LogP contribution in [0.1, 0.15) is 112 Å². The zero-order valence-electron chi connectivity index (χ0n) is 22.2. The molecule has 0 saturated carbocycles. The number of rotatable bonds is 22. The zero-order chi connectivity index (χ0) is 24.4. The van der Waals surface area contributed by atoms with Gasteiger partial charge in [0, 0.05) is 0 Å². The molecule has 0 atom stereocenters. The van der Waals surface area contributed by atoms with Gasteiger partial charge in [0.2, 0.25) is 0 Å². The van der Waals surface area contributed by atoms with Gasteiger partial charge < -0.3 is 0 Å². The first-order valence-corrected chi connectivity index (χ1v) is 18.4. The first kappa shape index (κ1) is 32.3. The van der Waals surface area contributed by atoms with E-state index in [9.17, 15) is 4.79 Å². The van der Waals surface area contributed by atoms with Crippen molar-refractivity contribution in [3.05, 3.63) is 0 Å². The summed E-state index contributed by atoms with van der Waals surface area (Å²) >= 11 is 4.51. The molecule has 6 heteroatoms. The molecule has 0 aromatic heterocycles. The zero-order valence-corrected chi connectivity index (χ0v) is 24.7. The summed E-state index contributed by atoms with van der Waals surface area (Å²) in [7, 11) is 0. The Kier molecular flexibility index (Phi) is 17.9. The Morgan fingerprint density at radius 3 is 1.56 bits per heavy atom. The average molecular weight is 542 g/mol. The van der Waals surface area contributed by atoms with E-state index in [1.807, 2.05) is 20.8 Å². The second-order valence-corrected chi connectivity index (χ2v) is 20.8. The number of hydrogen-bond acceptors (Lipinski definition) is 4. The molecule has 0 aliphatic heterocycles. The maximum absolute atomic E-state index is 12.0. The molecule has 0 aromatic rings. The molecular formula is C26H54BrO4P. The van der Waals surface area contributed by atoms with E-state index in [-0.39, 0.29) is 5.97 Å². The van der Waals surface area contributed by atoms with Crippen LogP contribution in [0.3, 0.4) is 0 Å². The normalized spacial score (nSPS) is 13.7. The molecule has 0 N–H and O–H groups in total. The number of halogens is 1. The first-order valence-electron chi connectivity index (χ1n) is 13.4. The molecular weight excluding hydrogens is 487 g/mol. The molecule has 0 bridgehead atoms. The Morgan fingerprint density at radius 2 is 1.16 bits per heavy atom. The quantitative estimate of drug-likeness (QED) is 0.0596. The molecule has 0 heterocycles. The molecule has 0 amide bonds. The van der Waals surface area contributed by atoms with Gasteiger partial charge in [-0.3, -0.25) is 0 Å². The standard InChI is InChI=1S/C26H54BrO4P/c1-7-13-21-32(27,22-14-8-2,23-15-9-3)24-17-16-19-26(30-11-5,31-12-6)20-18-25(28)29-10-4/h7-24H2,1-6H3. The van der Waals surface area contributed by atoms with Crippen molar-refractivity contribution >= 4 is 26.8 Å². The molecule has 0 aliphatic carbocycles. The van der Waals surface area contributed by atoms with Crippen LogP contribution in [0.5, 0.6) is 0 Å². The fourth-order valence-corrected chi connectivity index (χ4v) is 13.4. The number of esters is 1. The fourth-order valence-electron chi connectivity index (χ4n) is 4.74. The van der Waals surface area contributed by atoms with Crippen LogP contribution in [0.25, 0.3) is 0 Å². The molecule has 4 nitrogen and oxygen atoms in total. The van der Waals surface area contributed by atoms with Crippen molar-refractivity contribution in [3.8, 4) is 0 Å². The van der Waals surface area contributed by atoms with Crippen LogP contribution in [-0.4, -0.2) is 56.2 Å². The molecule has 0 unspecified atom stereocenters. The fraction of sp³-hybridized carbons (Fsp3) is 0.962. The van der Waals surface area contributed by atoms with Crippen LogP contribution in [0, 0.1) is 0 Å². The minimum absolute atomic E-state index is 0.166. The average Bonchev–Trinajstić information content (AvgIpc) is 2.78. The second-order valence-electron chi connectivity index (χ2n) is 9.31. The summed E-state index contributed by atoms with van der Waals surface area (Å²) in [6.07, 6.45) is 17.3. The molecule has 0 spiro atoms. The van der Waals surface area contributed by atoms with Gasteiger partial charge in [0.05, 0.1) is 0 Å². The molecule has 194 valence electrons. The summed E-state index contributed by atoms with van der Waals surface area (Å²) in [5.41, 5.74) is 0. The number of unbranched alkanes of at least 4 members (excludes halogenated alkanes) is 4. The third-order valence-corrected chi connectivity index (χ3v) is 16.6. The van der Waals surface area contributed by atoms with Crippen molar-refractivity contribution in [1.82, 2.24) is 0 Å². The molecule has 0 aliphatic rings. The number of carbonyl (C=O) groups excluding carboxylic acids is 1. The van der Waals surface area contributed by atoms with Gasteiger partial charge in [0.15, 0.2) is 0 Å². The Labute approximate surface area is 208 Å². The van der Waals surface area contributed by atoms with Gasteiger partial charge in [0.1, 0.15) is 0 Å². The predicted octanol–water partition coefficient (Wildman–Crippen LogP) is 8.53. The molecule has 0 radical (unpaired) electrons. The molecule has 0 aromatic carbocycles. The van der Waals surface area contributed by atoms with Crippen molar-refractivity contribution in [3.63, 3.8) is 0 Å². The van der Waals surface area contributed by atoms with Gasteiger partial charge in [-0.15, -0.1) is 0 Å². The minimum atomic E-state index is -1.87. The van der Waals surface area contributed by atoms with Gasteiger partial charge in [-0.1, -0.05) is 0 Å². The van der Waals surface area contributed by atoms with E-state index >= 15 is 0 Å². The van der Waals surface area contributed by atoms with Crippen molar-refractivity contribution in [2.45, 2.75) is 118 Å². The van der Waals surface area contributed by atoms with Gasteiger partial charge in [-0.25, -0.2) is 0 Å². The summed E-state index contributed by atoms with van der Waals surface area (Å²) in [5, 5.41) is -1.87.